The number of aliphatic hydroxyl groups is 1. The van der Waals surface area contributed by atoms with Gasteiger partial charge >= 0.3 is 0 Å². The molecule has 1 N–H and O–H groups in total. The molecule has 2 aromatic rings. The van der Waals surface area contributed by atoms with Crippen LogP contribution in [0.5, 0.6) is 0 Å². The van der Waals surface area contributed by atoms with Crippen LogP contribution in [0.3, 0.4) is 0 Å². The summed E-state index contributed by atoms with van der Waals surface area (Å²) in [6.07, 6.45) is 0.629. The van der Waals surface area contributed by atoms with E-state index in [0.29, 0.717) is 45.6 Å². The van der Waals surface area contributed by atoms with E-state index in [2.05, 4.69) is 29.2 Å². The predicted octanol–water partition coefficient (Wildman–Crippen LogP) is 3.55. The number of ether oxygens (including phenoxy) is 2. The summed E-state index contributed by atoms with van der Waals surface area (Å²) < 4.78 is 11.7. The van der Waals surface area contributed by atoms with Crippen LogP contribution in [0.4, 0.5) is 0 Å². The molecule has 1 heterocycles. The monoisotopic (exact) mass is 409 g/mol. The lowest BCUT2D eigenvalue weighted by Crippen LogP contribution is -2.51. The van der Waals surface area contributed by atoms with E-state index in [1.165, 1.54) is 11.1 Å². The number of nitrogens with zero attached hydrogens (tertiary/aromatic N) is 1. The van der Waals surface area contributed by atoms with Crippen molar-refractivity contribution >= 4 is 5.78 Å². The van der Waals surface area contributed by atoms with Crippen molar-refractivity contribution in [3.8, 4) is 0 Å². The van der Waals surface area contributed by atoms with Gasteiger partial charge in [0.15, 0.2) is 5.79 Å². The van der Waals surface area contributed by atoms with Gasteiger partial charge in [0.1, 0.15) is 5.78 Å². The minimum Gasteiger partial charge on any atom is -0.391 e. The van der Waals surface area contributed by atoms with Gasteiger partial charge in [-0.15, -0.1) is 0 Å². The lowest BCUT2D eigenvalue weighted by Gasteiger charge is -2.41. The molecule has 1 saturated carbocycles. The molecule has 5 nitrogen and oxygen atoms in total. The van der Waals surface area contributed by atoms with Crippen LogP contribution in [0.25, 0.3) is 0 Å². The van der Waals surface area contributed by atoms with Gasteiger partial charge in [0.05, 0.1) is 25.2 Å². The van der Waals surface area contributed by atoms with Crippen molar-refractivity contribution in [2.24, 2.45) is 5.92 Å². The highest BCUT2D eigenvalue weighted by molar-refractivity contribution is 5.82. The fourth-order valence-electron chi connectivity index (χ4n) is 4.65. The van der Waals surface area contributed by atoms with Crippen molar-refractivity contribution < 1.29 is 19.4 Å². The normalized spacial score (nSPS) is 23.0. The van der Waals surface area contributed by atoms with Crippen LogP contribution < -0.4 is 0 Å². The molecule has 1 saturated heterocycles. The molecule has 0 amide bonds. The molecule has 3 unspecified atom stereocenters. The van der Waals surface area contributed by atoms with Crippen molar-refractivity contribution in [2.45, 2.75) is 57.2 Å². The standard InChI is InChI=1S/C25H31NO4/c1-19(24(28)22-16-25(13-12-23(22)27)29-14-15-30-25)26(17-20-8-4-2-5-9-20)18-21-10-6-3-7-11-21/h2-11,19,22,24,28H,12-18H2,1H3. The summed E-state index contributed by atoms with van der Waals surface area (Å²) in [6.45, 7) is 4.53. The van der Waals surface area contributed by atoms with Crippen LogP contribution in [0.2, 0.25) is 0 Å². The molecule has 0 bridgehead atoms. The SMILES string of the molecule is CC(C(O)C1CC2(CCC1=O)OCCO2)N(Cc1ccccc1)Cc1ccccc1. The summed E-state index contributed by atoms with van der Waals surface area (Å²) >= 11 is 0. The highest BCUT2D eigenvalue weighted by atomic mass is 16.7. The summed E-state index contributed by atoms with van der Waals surface area (Å²) in [5, 5.41) is 11.3. The molecule has 3 atom stereocenters. The number of carbonyl (C=O) groups is 1. The molecule has 1 aliphatic carbocycles. The highest BCUT2D eigenvalue weighted by Crippen LogP contribution is 2.39. The van der Waals surface area contributed by atoms with Gasteiger partial charge in [0.2, 0.25) is 0 Å². The van der Waals surface area contributed by atoms with E-state index in [9.17, 15) is 9.90 Å². The number of benzene rings is 2. The number of ketones is 1. The zero-order chi connectivity index (χ0) is 21.0. The lowest BCUT2D eigenvalue weighted by molar-refractivity contribution is -0.198. The second-order valence-electron chi connectivity index (χ2n) is 8.49. The van der Waals surface area contributed by atoms with E-state index in [0.717, 1.165) is 0 Å². The van der Waals surface area contributed by atoms with Gasteiger partial charge in [0.25, 0.3) is 0 Å². The third-order valence-corrected chi connectivity index (χ3v) is 6.45. The molecule has 30 heavy (non-hydrogen) atoms. The van der Waals surface area contributed by atoms with E-state index >= 15 is 0 Å². The Morgan fingerprint density at radius 3 is 2.07 bits per heavy atom. The molecule has 1 aliphatic heterocycles. The van der Waals surface area contributed by atoms with Gasteiger partial charge in [-0.3, -0.25) is 9.69 Å². The Kier molecular flexibility index (Phi) is 6.64. The van der Waals surface area contributed by atoms with Crippen LogP contribution in [0.1, 0.15) is 37.3 Å². The molecule has 0 radical (unpaired) electrons. The number of hydrogen-bond donors (Lipinski definition) is 1. The van der Waals surface area contributed by atoms with Crippen LogP contribution >= 0.6 is 0 Å². The van der Waals surface area contributed by atoms with E-state index in [1.807, 2.05) is 43.3 Å². The second-order valence-corrected chi connectivity index (χ2v) is 8.49. The first-order chi connectivity index (χ1) is 14.6. The Morgan fingerprint density at radius 1 is 1.00 bits per heavy atom. The largest absolute Gasteiger partial charge is 0.391 e. The maximum absolute atomic E-state index is 12.7. The first-order valence-electron chi connectivity index (χ1n) is 10.9. The molecule has 2 fully saturated rings. The predicted molar refractivity (Wildman–Crippen MR) is 115 cm³/mol. The molecule has 2 aromatic carbocycles. The molecule has 5 heteroatoms. The third-order valence-electron chi connectivity index (χ3n) is 6.45. The van der Waals surface area contributed by atoms with E-state index in [-0.39, 0.29) is 11.8 Å². The quantitative estimate of drug-likeness (QED) is 0.758. The van der Waals surface area contributed by atoms with Gasteiger partial charge in [-0.1, -0.05) is 60.7 Å². The Bertz CT molecular complexity index is 778. The molecule has 2 aliphatic rings. The van der Waals surface area contributed by atoms with Gasteiger partial charge in [0, 0.05) is 38.4 Å². The summed E-state index contributed by atoms with van der Waals surface area (Å²) in [5.41, 5.74) is 2.36. The van der Waals surface area contributed by atoms with Gasteiger partial charge in [-0.2, -0.15) is 0 Å². The fourth-order valence-corrected chi connectivity index (χ4v) is 4.65. The highest BCUT2D eigenvalue weighted by Gasteiger charge is 2.48. The minimum absolute atomic E-state index is 0.110. The number of hydrogen-bond acceptors (Lipinski definition) is 5. The summed E-state index contributed by atoms with van der Waals surface area (Å²) in [5.74, 6) is -1.05. The van der Waals surface area contributed by atoms with Crippen LogP contribution in [0.15, 0.2) is 60.7 Å². The Balaban J connectivity index is 1.53. The number of rotatable bonds is 7. The van der Waals surface area contributed by atoms with Crippen molar-refractivity contribution in [2.75, 3.05) is 13.2 Å². The average molecular weight is 410 g/mol. The molecule has 160 valence electrons. The van der Waals surface area contributed by atoms with Crippen LogP contribution in [0, 0.1) is 5.92 Å². The first-order valence-corrected chi connectivity index (χ1v) is 10.9. The smallest absolute Gasteiger partial charge is 0.169 e. The maximum Gasteiger partial charge on any atom is 0.169 e. The Morgan fingerprint density at radius 2 is 1.53 bits per heavy atom. The summed E-state index contributed by atoms with van der Waals surface area (Å²) in [7, 11) is 0. The van der Waals surface area contributed by atoms with Crippen molar-refractivity contribution in [3.63, 3.8) is 0 Å². The molecule has 4 rings (SSSR count). The third kappa shape index (κ3) is 4.81. The molecular weight excluding hydrogens is 378 g/mol. The van der Waals surface area contributed by atoms with Crippen LogP contribution in [-0.2, 0) is 27.4 Å². The summed E-state index contributed by atoms with van der Waals surface area (Å²) in [4.78, 5) is 15.0. The molecule has 0 aromatic heterocycles. The number of Topliss-reactive ketones (excluding diaryl/α,β-unsaturated/α-hetero) is 1. The van der Waals surface area contributed by atoms with E-state index in [1.54, 1.807) is 0 Å². The second kappa shape index (κ2) is 9.40. The lowest BCUT2D eigenvalue weighted by atomic mass is 9.78. The van der Waals surface area contributed by atoms with Gasteiger partial charge in [-0.05, 0) is 18.1 Å². The summed E-state index contributed by atoms with van der Waals surface area (Å²) in [6, 6.07) is 20.3. The molecular formula is C25H31NO4. The Labute approximate surface area is 178 Å². The van der Waals surface area contributed by atoms with E-state index < -0.39 is 17.8 Å². The first kappa shape index (κ1) is 21.2. The van der Waals surface area contributed by atoms with Gasteiger partial charge < -0.3 is 14.6 Å². The average Bonchev–Trinajstić information content (AvgIpc) is 3.24. The minimum atomic E-state index is -0.783. The van der Waals surface area contributed by atoms with Crippen molar-refractivity contribution in [1.29, 1.82) is 0 Å². The van der Waals surface area contributed by atoms with Crippen molar-refractivity contribution in [1.82, 2.24) is 4.90 Å². The zero-order valence-corrected chi connectivity index (χ0v) is 17.6. The number of aliphatic hydroxyl groups excluding tert-OH is 1. The van der Waals surface area contributed by atoms with Gasteiger partial charge in [-0.25, -0.2) is 0 Å². The number of carbonyl (C=O) groups excluding carboxylic acids is 1. The molecule has 1 spiro atoms. The van der Waals surface area contributed by atoms with E-state index in [4.69, 9.17) is 9.47 Å². The maximum atomic E-state index is 12.7. The van der Waals surface area contributed by atoms with Crippen LogP contribution in [-0.4, -0.2) is 46.9 Å². The van der Waals surface area contributed by atoms with Crippen molar-refractivity contribution in [3.05, 3.63) is 71.8 Å². The Hall–Kier alpha value is -2.05. The zero-order valence-electron chi connectivity index (χ0n) is 17.6. The fraction of sp³-hybridized carbons (Fsp3) is 0.480. The topological polar surface area (TPSA) is 59.0 Å².